The van der Waals surface area contributed by atoms with E-state index in [0.717, 1.165) is 37.2 Å². The van der Waals surface area contributed by atoms with Crippen molar-refractivity contribution in [2.24, 2.45) is 0 Å². The summed E-state index contributed by atoms with van der Waals surface area (Å²) in [5, 5.41) is 20.0. The van der Waals surface area contributed by atoms with Gasteiger partial charge in [-0.2, -0.15) is 5.26 Å². The lowest BCUT2D eigenvalue weighted by Crippen LogP contribution is -2.52. The molecule has 13 heteroatoms. The number of nitrogens with one attached hydrogen (secondary N) is 4. The largest absolute Gasteiger partial charge is 0.475 e. The molecule has 1 atom stereocenters. The molecule has 1 fully saturated rings. The van der Waals surface area contributed by atoms with Crippen LogP contribution in [0.4, 0.5) is 21.5 Å². The lowest BCUT2D eigenvalue weighted by atomic mass is 9.98. The third kappa shape index (κ3) is 7.63. The number of pyridine rings is 2. The minimum Gasteiger partial charge on any atom is -0.475 e. The van der Waals surface area contributed by atoms with E-state index in [9.17, 15) is 9.65 Å². The maximum absolute atomic E-state index is 13.9. The van der Waals surface area contributed by atoms with Crippen LogP contribution in [0.3, 0.4) is 0 Å². The molecule has 0 spiro atoms. The second-order valence-electron chi connectivity index (χ2n) is 13.5. The van der Waals surface area contributed by atoms with Crippen LogP contribution in [0.5, 0.6) is 5.88 Å². The second-order valence-corrected chi connectivity index (χ2v) is 14.3. The summed E-state index contributed by atoms with van der Waals surface area (Å²) in [7, 11) is 0. The van der Waals surface area contributed by atoms with E-state index < -0.39 is 11.9 Å². The van der Waals surface area contributed by atoms with Crippen LogP contribution in [-0.2, 0) is 0 Å². The number of hydrazine groups is 2. The quantitative estimate of drug-likeness (QED) is 0.137. The average molecular weight is 705 g/mol. The minimum atomic E-state index is -0.539. The highest BCUT2D eigenvalue weighted by molar-refractivity contribution is 6.36. The number of nitrogens with zero attached hydrogens (tertiary/aromatic N) is 5. The van der Waals surface area contributed by atoms with Gasteiger partial charge in [0.2, 0.25) is 5.88 Å². The van der Waals surface area contributed by atoms with Crippen molar-refractivity contribution in [2.75, 3.05) is 23.7 Å². The zero-order valence-electron chi connectivity index (χ0n) is 28.1. The Morgan fingerprint density at radius 3 is 2.51 bits per heavy atom. The van der Waals surface area contributed by atoms with Crippen molar-refractivity contribution >= 4 is 51.2 Å². The number of halogens is 3. The van der Waals surface area contributed by atoms with Crippen molar-refractivity contribution in [3.05, 3.63) is 93.7 Å². The van der Waals surface area contributed by atoms with Crippen molar-refractivity contribution in [3.8, 4) is 11.9 Å². The lowest BCUT2D eigenvalue weighted by Gasteiger charge is -2.42. The van der Waals surface area contributed by atoms with Crippen molar-refractivity contribution in [1.82, 2.24) is 30.8 Å². The Morgan fingerprint density at radius 2 is 1.82 bits per heavy atom. The lowest BCUT2D eigenvalue weighted by molar-refractivity contribution is 0.0570. The molecule has 2 aliphatic heterocycles. The minimum absolute atomic E-state index is 0.0410. The van der Waals surface area contributed by atoms with Crippen LogP contribution in [0.15, 0.2) is 66.8 Å². The normalized spacial score (nSPS) is 16.3. The first-order valence-corrected chi connectivity index (χ1v) is 17.1. The van der Waals surface area contributed by atoms with E-state index in [4.69, 9.17) is 27.9 Å². The summed E-state index contributed by atoms with van der Waals surface area (Å²) in [6.45, 7) is 12.7. The van der Waals surface area contributed by atoms with Gasteiger partial charge in [-0.15, -0.1) is 5.53 Å². The van der Waals surface area contributed by atoms with Crippen LogP contribution in [0.25, 0.3) is 10.9 Å². The van der Waals surface area contributed by atoms with Gasteiger partial charge in [-0.3, -0.25) is 14.9 Å². The Bertz CT molecular complexity index is 1920. The second kappa shape index (κ2) is 14.3. The maximum atomic E-state index is 13.9. The van der Waals surface area contributed by atoms with Crippen molar-refractivity contribution in [3.63, 3.8) is 0 Å². The first-order valence-electron chi connectivity index (χ1n) is 16.3. The average Bonchev–Trinajstić information content (AvgIpc) is 3.56. The third-order valence-electron chi connectivity index (χ3n) is 8.73. The topological polar surface area (TPSA) is 113 Å². The molecular formula is C36H40Cl2FN9O. The number of hydrogen-bond acceptors (Lipinski definition) is 10. The van der Waals surface area contributed by atoms with E-state index >= 15 is 0 Å². The highest BCUT2D eigenvalue weighted by Crippen LogP contribution is 2.39. The Labute approximate surface area is 296 Å². The number of anilines is 3. The predicted octanol–water partition coefficient (Wildman–Crippen LogP) is 8.06. The van der Waals surface area contributed by atoms with Gasteiger partial charge in [0, 0.05) is 65.6 Å². The summed E-state index contributed by atoms with van der Waals surface area (Å²) in [6.07, 6.45) is 7.22. The molecule has 2 aromatic carbocycles. The zero-order chi connectivity index (χ0) is 34.9. The van der Waals surface area contributed by atoms with Gasteiger partial charge >= 0.3 is 0 Å². The molecule has 256 valence electrons. The van der Waals surface area contributed by atoms with Gasteiger partial charge < -0.3 is 20.8 Å². The molecule has 2 aromatic heterocycles. The molecule has 4 heterocycles. The van der Waals surface area contributed by atoms with E-state index in [0.29, 0.717) is 44.9 Å². The number of hydrogen-bond donors (Lipinski definition) is 4. The van der Waals surface area contributed by atoms with E-state index in [1.165, 1.54) is 18.3 Å². The number of benzene rings is 2. The Hall–Kier alpha value is -4.34. The van der Waals surface area contributed by atoms with Crippen LogP contribution in [-0.4, -0.2) is 50.7 Å². The maximum Gasteiger partial charge on any atom is 0.219 e. The number of fused-ring (bicyclic) bond motifs is 1. The number of ether oxygens (including phenoxy) is 1. The summed E-state index contributed by atoms with van der Waals surface area (Å²) < 4.78 is 20.1. The summed E-state index contributed by atoms with van der Waals surface area (Å²) in [4.78, 5) is 11.6. The fraction of sp³-hybridized carbons (Fsp3) is 0.361. The molecule has 0 aliphatic carbocycles. The summed E-state index contributed by atoms with van der Waals surface area (Å²) >= 11 is 12.9. The molecule has 0 bridgehead atoms. The number of aromatic nitrogens is 2. The van der Waals surface area contributed by atoms with Gasteiger partial charge in [0.25, 0.3) is 0 Å². The molecule has 4 N–H and O–H groups in total. The van der Waals surface area contributed by atoms with Crippen molar-refractivity contribution < 1.29 is 9.13 Å². The molecule has 0 unspecified atom stereocenters. The number of likely N-dealkylation sites (tertiary alicyclic amines) is 1. The molecule has 6 rings (SSSR count). The molecule has 2 aliphatic rings. The third-order valence-corrected chi connectivity index (χ3v) is 9.31. The molecule has 0 amide bonds. The fourth-order valence-corrected chi connectivity index (χ4v) is 6.67. The first-order chi connectivity index (χ1) is 23.4. The van der Waals surface area contributed by atoms with Crippen molar-refractivity contribution in [1.29, 1.82) is 5.26 Å². The highest BCUT2D eigenvalue weighted by atomic mass is 35.5. The SMILES string of the molecule is CC(C)Oc1ncccc1[C@H](Nc1cc(Cl)c2ncc(C#N)c(Nc3ccc(F)c(Cl)c3)c2c1)C1=CN(C2CCN(C(C)(C)C)CC2)NN1. The molecule has 49 heavy (non-hydrogen) atoms. The van der Waals surface area contributed by atoms with Crippen LogP contribution in [0.1, 0.15) is 64.6 Å². The van der Waals surface area contributed by atoms with Gasteiger partial charge in [-0.05, 0) is 89.9 Å². The Morgan fingerprint density at radius 1 is 1.06 bits per heavy atom. The van der Waals surface area contributed by atoms with Gasteiger partial charge in [-0.1, -0.05) is 23.2 Å². The first kappa shape index (κ1) is 34.5. The monoisotopic (exact) mass is 703 g/mol. The predicted molar refractivity (Wildman–Crippen MR) is 193 cm³/mol. The fourth-order valence-electron chi connectivity index (χ4n) is 6.22. The molecular weight excluding hydrogens is 664 g/mol. The molecule has 4 aromatic rings. The van der Waals surface area contributed by atoms with E-state index in [1.54, 1.807) is 18.3 Å². The molecule has 0 radical (unpaired) electrons. The van der Waals surface area contributed by atoms with Crippen LogP contribution in [0.2, 0.25) is 10.0 Å². The van der Waals surface area contributed by atoms with Gasteiger partial charge in [0.15, 0.2) is 0 Å². The molecule has 1 saturated heterocycles. The van der Waals surface area contributed by atoms with Gasteiger partial charge in [-0.25, -0.2) is 9.37 Å². The van der Waals surface area contributed by atoms with E-state index in [-0.39, 0.29) is 22.2 Å². The summed E-state index contributed by atoms with van der Waals surface area (Å²) in [5.74, 6) is -0.0344. The smallest absolute Gasteiger partial charge is 0.219 e. The zero-order valence-corrected chi connectivity index (χ0v) is 29.6. The van der Waals surface area contributed by atoms with E-state index in [1.807, 2.05) is 32.0 Å². The van der Waals surface area contributed by atoms with Crippen LogP contribution < -0.4 is 26.3 Å². The number of nitriles is 1. The number of piperidine rings is 1. The van der Waals surface area contributed by atoms with E-state index in [2.05, 4.69) is 74.5 Å². The van der Waals surface area contributed by atoms with Crippen molar-refractivity contribution in [2.45, 2.75) is 71.2 Å². The highest BCUT2D eigenvalue weighted by Gasteiger charge is 2.33. The molecule has 0 saturated carbocycles. The molecule has 10 nitrogen and oxygen atoms in total. The summed E-state index contributed by atoms with van der Waals surface area (Å²) in [6, 6.07) is 13.9. The van der Waals surface area contributed by atoms with Crippen LogP contribution in [0, 0.1) is 17.1 Å². The van der Waals surface area contributed by atoms with Gasteiger partial charge in [0.1, 0.15) is 11.9 Å². The number of rotatable bonds is 9. The van der Waals surface area contributed by atoms with Gasteiger partial charge in [0.05, 0.1) is 44.7 Å². The summed E-state index contributed by atoms with van der Waals surface area (Å²) in [5.41, 5.74) is 11.0. The standard InChI is InChI=1S/C36H40Cl2FN9O/c1-21(2)49-35-26(7-6-12-41-35)34(31-20-48(46-45-31)25-10-13-47(14-11-25)36(3,4)5)44-24-15-27-32(43-23-8-9-30(39)28(37)16-23)22(18-40)19-42-33(27)29(38)17-24/h6-9,12,15-17,19-21,25,34,44-46H,10-11,13-14H2,1-5H3,(H,42,43)/t34-/m0/s1. The Kier molecular flexibility index (Phi) is 10.0. The van der Waals surface area contributed by atoms with Crippen LogP contribution >= 0.6 is 23.2 Å². The Balaban J connectivity index is 1.38.